The third-order valence-corrected chi connectivity index (χ3v) is 3.65. The lowest BCUT2D eigenvalue weighted by Crippen LogP contribution is -2.51. The fraction of sp³-hybridized carbons (Fsp3) is 0.462. The van der Waals surface area contributed by atoms with Gasteiger partial charge in [0.2, 0.25) is 0 Å². The monoisotopic (exact) mass is 231 g/mol. The van der Waals surface area contributed by atoms with E-state index in [1.54, 1.807) is 0 Å². The van der Waals surface area contributed by atoms with Crippen molar-refractivity contribution in [2.45, 2.75) is 18.5 Å². The van der Waals surface area contributed by atoms with Gasteiger partial charge in [-0.3, -0.25) is 4.99 Å². The van der Waals surface area contributed by atoms with Gasteiger partial charge in [0.15, 0.2) is 5.96 Å². The van der Waals surface area contributed by atoms with Gasteiger partial charge in [0, 0.05) is 13.2 Å². The molecule has 0 aliphatic carbocycles. The largest absolute Gasteiger partial charge is 0.379 e. The van der Waals surface area contributed by atoms with Crippen molar-refractivity contribution in [1.82, 2.24) is 4.90 Å². The minimum Gasteiger partial charge on any atom is -0.379 e. The van der Waals surface area contributed by atoms with Gasteiger partial charge in [0.1, 0.15) is 0 Å². The number of aliphatic imine (C=N–C) groups is 1. The lowest BCUT2D eigenvalue weighted by atomic mass is 9.97. The molecule has 2 aliphatic heterocycles. The van der Waals surface area contributed by atoms with Gasteiger partial charge in [-0.1, -0.05) is 30.3 Å². The summed E-state index contributed by atoms with van der Waals surface area (Å²) >= 11 is 0. The number of hydrogen-bond donors (Lipinski definition) is 1. The topological polar surface area (TPSA) is 50.9 Å². The molecule has 17 heavy (non-hydrogen) atoms. The maximum absolute atomic E-state index is 6.00. The predicted molar refractivity (Wildman–Crippen MR) is 66.6 cm³/mol. The molecule has 0 radical (unpaired) electrons. The van der Waals surface area contributed by atoms with Gasteiger partial charge < -0.3 is 15.4 Å². The zero-order chi connectivity index (χ0) is 11.7. The molecule has 0 saturated carbocycles. The number of nitrogens with two attached hydrogens (primary N) is 1. The molecule has 1 fully saturated rings. The molecular weight excluding hydrogens is 214 g/mol. The van der Waals surface area contributed by atoms with Gasteiger partial charge in [-0.2, -0.15) is 0 Å². The van der Waals surface area contributed by atoms with Crippen LogP contribution in [0.25, 0.3) is 0 Å². The lowest BCUT2D eigenvalue weighted by molar-refractivity contribution is 0.130. The highest BCUT2D eigenvalue weighted by Gasteiger charge is 2.45. The van der Waals surface area contributed by atoms with Crippen LogP contribution in [0, 0.1) is 0 Å². The van der Waals surface area contributed by atoms with Crippen LogP contribution < -0.4 is 5.73 Å². The van der Waals surface area contributed by atoms with Crippen LogP contribution in [0.2, 0.25) is 0 Å². The SMILES string of the molecule is NC1=NCC2(CCOC2)N1Cc1ccccc1. The Bertz CT molecular complexity index is 424. The summed E-state index contributed by atoms with van der Waals surface area (Å²) < 4.78 is 5.53. The number of ether oxygens (including phenoxy) is 1. The molecule has 4 nitrogen and oxygen atoms in total. The predicted octanol–water partition coefficient (Wildman–Crippen LogP) is 0.976. The Morgan fingerprint density at radius 1 is 1.35 bits per heavy atom. The van der Waals surface area contributed by atoms with Crippen molar-refractivity contribution in [2.75, 3.05) is 19.8 Å². The second-order valence-corrected chi connectivity index (χ2v) is 4.77. The lowest BCUT2D eigenvalue weighted by Gasteiger charge is -2.34. The number of guanidine groups is 1. The first kappa shape index (κ1) is 10.6. The highest BCUT2D eigenvalue weighted by Crippen LogP contribution is 2.31. The maximum atomic E-state index is 6.00. The zero-order valence-corrected chi connectivity index (χ0v) is 9.80. The summed E-state index contributed by atoms with van der Waals surface area (Å²) in [5.41, 5.74) is 7.28. The van der Waals surface area contributed by atoms with Gasteiger partial charge in [-0.25, -0.2) is 0 Å². The molecule has 3 rings (SSSR count). The van der Waals surface area contributed by atoms with Crippen LogP contribution >= 0.6 is 0 Å². The molecule has 1 unspecified atom stereocenters. The van der Waals surface area contributed by atoms with Gasteiger partial charge in [0.05, 0.1) is 18.7 Å². The average Bonchev–Trinajstić information content (AvgIpc) is 2.94. The van der Waals surface area contributed by atoms with E-state index >= 15 is 0 Å². The van der Waals surface area contributed by atoms with E-state index in [0.29, 0.717) is 5.96 Å². The Kier molecular flexibility index (Phi) is 2.52. The van der Waals surface area contributed by atoms with Crippen molar-refractivity contribution < 1.29 is 4.74 Å². The summed E-state index contributed by atoms with van der Waals surface area (Å²) in [5.74, 6) is 0.652. The van der Waals surface area contributed by atoms with Crippen LogP contribution in [0.15, 0.2) is 35.3 Å². The standard InChI is InChI=1S/C13H17N3O/c14-12-15-9-13(6-7-17-10-13)16(12)8-11-4-2-1-3-5-11/h1-5H,6-10H2,(H2,14,15). The molecule has 1 aromatic rings. The third kappa shape index (κ3) is 1.78. The van der Waals surface area contributed by atoms with Gasteiger partial charge in [-0.15, -0.1) is 0 Å². The minimum atomic E-state index is 0.0138. The molecule has 0 bridgehead atoms. The molecule has 1 atom stereocenters. The second kappa shape index (κ2) is 4.04. The van der Waals surface area contributed by atoms with Crippen LogP contribution in [-0.4, -0.2) is 36.2 Å². The number of nitrogens with zero attached hydrogens (tertiary/aromatic N) is 2. The first-order chi connectivity index (χ1) is 8.30. The van der Waals surface area contributed by atoms with Gasteiger partial charge >= 0.3 is 0 Å². The molecule has 2 aliphatic rings. The molecule has 90 valence electrons. The number of rotatable bonds is 2. The molecular formula is C13H17N3O. The molecule has 2 heterocycles. The summed E-state index contributed by atoms with van der Waals surface area (Å²) in [6.45, 7) is 3.14. The van der Waals surface area contributed by atoms with Crippen molar-refractivity contribution >= 4 is 5.96 Å². The Balaban J connectivity index is 1.82. The van der Waals surface area contributed by atoms with Crippen LogP contribution in [-0.2, 0) is 11.3 Å². The van der Waals surface area contributed by atoms with Crippen LogP contribution in [0.5, 0.6) is 0 Å². The highest BCUT2D eigenvalue weighted by atomic mass is 16.5. The molecule has 2 N–H and O–H groups in total. The Labute approximate surface area is 101 Å². The van der Waals surface area contributed by atoms with Crippen molar-refractivity contribution in [3.05, 3.63) is 35.9 Å². The summed E-state index contributed by atoms with van der Waals surface area (Å²) in [6.07, 6.45) is 1.02. The Morgan fingerprint density at radius 2 is 2.18 bits per heavy atom. The van der Waals surface area contributed by atoms with Crippen molar-refractivity contribution in [1.29, 1.82) is 0 Å². The first-order valence-electron chi connectivity index (χ1n) is 5.99. The van der Waals surface area contributed by atoms with Crippen LogP contribution in [0.1, 0.15) is 12.0 Å². The summed E-state index contributed by atoms with van der Waals surface area (Å²) in [5, 5.41) is 0. The third-order valence-electron chi connectivity index (χ3n) is 3.65. The van der Waals surface area contributed by atoms with Crippen LogP contribution in [0.3, 0.4) is 0 Å². The zero-order valence-electron chi connectivity index (χ0n) is 9.80. The molecule has 1 spiro atoms. The number of hydrogen-bond acceptors (Lipinski definition) is 4. The minimum absolute atomic E-state index is 0.0138. The van der Waals surface area contributed by atoms with E-state index in [9.17, 15) is 0 Å². The van der Waals surface area contributed by atoms with Crippen LogP contribution in [0.4, 0.5) is 0 Å². The van der Waals surface area contributed by atoms with E-state index in [2.05, 4.69) is 34.2 Å². The van der Waals surface area contributed by atoms with E-state index in [0.717, 1.165) is 32.7 Å². The summed E-state index contributed by atoms with van der Waals surface area (Å²) in [7, 11) is 0. The first-order valence-corrected chi connectivity index (χ1v) is 5.99. The molecule has 0 aromatic heterocycles. The summed E-state index contributed by atoms with van der Waals surface area (Å²) in [4.78, 5) is 6.59. The van der Waals surface area contributed by atoms with E-state index in [4.69, 9.17) is 10.5 Å². The fourth-order valence-corrected chi connectivity index (χ4v) is 2.59. The second-order valence-electron chi connectivity index (χ2n) is 4.77. The van der Waals surface area contributed by atoms with Gasteiger partial charge in [-0.05, 0) is 12.0 Å². The van der Waals surface area contributed by atoms with Crippen molar-refractivity contribution in [3.63, 3.8) is 0 Å². The molecule has 1 aromatic carbocycles. The van der Waals surface area contributed by atoms with E-state index in [1.807, 2.05) is 6.07 Å². The number of benzene rings is 1. The average molecular weight is 231 g/mol. The quantitative estimate of drug-likeness (QED) is 0.825. The highest BCUT2D eigenvalue weighted by molar-refractivity contribution is 5.81. The Hall–Kier alpha value is -1.55. The van der Waals surface area contributed by atoms with E-state index < -0.39 is 0 Å². The smallest absolute Gasteiger partial charge is 0.192 e. The normalized spacial score (nSPS) is 27.8. The molecule has 0 amide bonds. The van der Waals surface area contributed by atoms with Gasteiger partial charge in [0.25, 0.3) is 0 Å². The van der Waals surface area contributed by atoms with Crippen molar-refractivity contribution in [2.24, 2.45) is 10.7 Å². The summed E-state index contributed by atoms with van der Waals surface area (Å²) in [6, 6.07) is 10.4. The van der Waals surface area contributed by atoms with E-state index in [1.165, 1.54) is 5.56 Å². The molecule has 1 saturated heterocycles. The fourth-order valence-electron chi connectivity index (χ4n) is 2.59. The van der Waals surface area contributed by atoms with Crippen molar-refractivity contribution in [3.8, 4) is 0 Å². The Morgan fingerprint density at radius 3 is 2.88 bits per heavy atom. The molecule has 4 heteroatoms. The van der Waals surface area contributed by atoms with E-state index in [-0.39, 0.29) is 5.54 Å². The maximum Gasteiger partial charge on any atom is 0.192 e.